The number of aliphatic imine (C=N–C) groups is 3. The van der Waals surface area contributed by atoms with E-state index < -0.39 is 0 Å². The fourth-order valence-electron chi connectivity index (χ4n) is 3.31. The lowest BCUT2D eigenvalue weighted by molar-refractivity contribution is 0.791. The van der Waals surface area contributed by atoms with Gasteiger partial charge in [-0.1, -0.05) is 0 Å². The molecule has 3 rings (SSSR count). The molecule has 3 unspecified atom stereocenters. The standard InChI is InChI=1S/3C8H14N2/c3*1-5-6(2)9-8(4)10-7(5)3/h3*6H,1-4H3,(H,9,10). The van der Waals surface area contributed by atoms with Gasteiger partial charge in [0.2, 0.25) is 0 Å². The van der Waals surface area contributed by atoms with Crippen molar-refractivity contribution in [2.75, 3.05) is 0 Å². The molecular weight excluding hydrogens is 372 g/mol. The summed E-state index contributed by atoms with van der Waals surface area (Å²) in [7, 11) is 0. The lowest BCUT2D eigenvalue weighted by atomic mass is 10.1. The van der Waals surface area contributed by atoms with Gasteiger partial charge < -0.3 is 16.0 Å². The third kappa shape index (κ3) is 7.47. The van der Waals surface area contributed by atoms with E-state index in [1.807, 2.05) is 20.8 Å². The lowest BCUT2D eigenvalue weighted by Gasteiger charge is -2.20. The highest BCUT2D eigenvalue weighted by molar-refractivity contribution is 5.83. The Morgan fingerprint density at radius 2 is 0.633 bits per heavy atom. The molecule has 0 aromatic carbocycles. The quantitative estimate of drug-likeness (QED) is 0.518. The van der Waals surface area contributed by atoms with Crippen LogP contribution in [0.3, 0.4) is 0 Å². The first-order valence-corrected chi connectivity index (χ1v) is 10.8. The molecule has 168 valence electrons. The summed E-state index contributed by atoms with van der Waals surface area (Å²) < 4.78 is 0. The van der Waals surface area contributed by atoms with Crippen LogP contribution in [0, 0.1) is 0 Å². The fraction of sp³-hybridized carbons (Fsp3) is 0.625. The topological polar surface area (TPSA) is 73.2 Å². The van der Waals surface area contributed by atoms with Crippen LogP contribution in [0.1, 0.15) is 83.1 Å². The van der Waals surface area contributed by atoms with E-state index in [1.54, 1.807) is 0 Å². The van der Waals surface area contributed by atoms with E-state index in [0.717, 1.165) is 17.5 Å². The van der Waals surface area contributed by atoms with Crippen molar-refractivity contribution in [3.63, 3.8) is 0 Å². The summed E-state index contributed by atoms with van der Waals surface area (Å²) in [5, 5.41) is 9.57. The van der Waals surface area contributed by atoms with E-state index in [0.29, 0.717) is 18.1 Å². The highest BCUT2D eigenvalue weighted by Gasteiger charge is 2.12. The zero-order valence-corrected chi connectivity index (χ0v) is 21.1. The Morgan fingerprint density at radius 1 is 0.433 bits per heavy atom. The van der Waals surface area contributed by atoms with Crippen molar-refractivity contribution in [2.24, 2.45) is 15.0 Å². The van der Waals surface area contributed by atoms with Gasteiger partial charge in [-0.15, -0.1) is 0 Å². The van der Waals surface area contributed by atoms with Crippen molar-refractivity contribution < 1.29 is 0 Å². The molecule has 3 aliphatic rings. The summed E-state index contributed by atoms with van der Waals surface area (Å²) >= 11 is 0. The molecule has 0 aliphatic carbocycles. The minimum Gasteiger partial charge on any atom is -0.348 e. The molecule has 3 N–H and O–H groups in total. The van der Waals surface area contributed by atoms with Gasteiger partial charge in [0, 0.05) is 17.1 Å². The SMILES string of the molecule is CC1=NC(C)C(C)=C(C)N1.CC1=NC(C)C(C)=C(C)N1.CC1=NC(C)C(C)=C(C)N1. The zero-order chi connectivity index (χ0) is 23.2. The molecule has 0 saturated carbocycles. The number of nitrogens with one attached hydrogen (secondary N) is 3. The number of hydrogen-bond acceptors (Lipinski definition) is 6. The summed E-state index contributed by atoms with van der Waals surface area (Å²) in [5.41, 5.74) is 7.77. The van der Waals surface area contributed by atoms with Crippen molar-refractivity contribution in [3.05, 3.63) is 33.8 Å². The summed E-state index contributed by atoms with van der Waals surface area (Å²) in [4.78, 5) is 13.1. The van der Waals surface area contributed by atoms with Gasteiger partial charge in [0.05, 0.1) is 35.6 Å². The third-order valence-corrected chi connectivity index (χ3v) is 5.92. The predicted molar refractivity (Wildman–Crippen MR) is 132 cm³/mol. The molecule has 3 atom stereocenters. The van der Waals surface area contributed by atoms with Crippen LogP contribution in [0.25, 0.3) is 0 Å². The van der Waals surface area contributed by atoms with Crippen LogP contribution in [0.4, 0.5) is 0 Å². The van der Waals surface area contributed by atoms with Gasteiger partial charge in [-0.3, -0.25) is 15.0 Å². The van der Waals surface area contributed by atoms with Gasteiger partial charge in [0.1, 0.15) is 0 Å². The van der Waals surface area contributed by atoms with Crippen molar-refractivity contribution in [2.45, 2.75) is 101 Å². The second kappa shape index (κ2) is 11.1. The van der Waals surface area contributed by atoms with Gasteiger partial charge in [-0.2, -0.15) is 0 Å². The smallest absolute Gasteiger partial charge is 0.0980 e. The minimum atomic E-state index is 0.362. The minimum absolute atomic E-state index is 0.362. The molecule has 6 heteroatoms. The third-order valence-electron chi connectivity index (χ3n) is 5.92. The van der Waals surface area contributed by atoms with Crippen molar-refractivity contribution in [1.29, 1.82) is 0 Å². The predicted octanol–water partition coefficient (Wildman–Crippen LogP) is 5.07. The van der Waals surface area contributed by atoms with E-state index in [4.69, 9.17) is 0 Å². The largest absolute Gasteiger partial charge is 0.348 e. The first-order valence-electron chi connectivity index (χ1n) is 10.8. The van der Waals surface area contributed by atoms with Crippen LogP contribution in [0.5, 0.6) is 0 Å². The van der Waals surface area contributed by atoms with E-state index in [1.165, 1.54) is 33.8 Å². The maximum atomic E-state index is 4.36. The number of allylic oxidation sites excluding steroid dienone is 3. The Bertz CT molecular complexity index is 713. The van der Waals surface area contributed by atoms with Crippen LogP contribution in [0.2, 0.25) is 0 Å². The first-order chi connectivity index (χ1) is 13.8. The Labute approximate surface area is 183 Å². The van der Waals surface area contributed by atoms with Gasteiger partial charge >= 0.3 is 0 Å². The summed E-state index contributed by atoms with van der Waals surface area (Å²) in [6.45, 7) is 24.9. The van der Waals surface area contributed by atoms with Crippen LogP contribution >= 0.6 is 0 Å². The molecule has 0 aromatic rings. The van der Waals surface area contributed by atoms with E-state index in [2.05, 4.69) is 93.2 Å². The number of hydrogen-bond donors (Lipinski definition) is 3. The molecule has 0 aromatic heterocycles. The number of amidine groups is 3. The average molecular weight is 415 g/mol. The van der Waals surface area contributed by atoms with Crippen molar-refractivity contribution >= 4 is 17.5 Å². The van der Waals surface area contributed by atoms with Crippen LogP contribution in [-0.4, -0.2) is 35.6 Å². The molecule has 3 aliphatic heterocycles. The molecule has 0 bridgehead atoms. The highest BCUT2D eigenvalue weighted by atomic mass is 15.0. The van der Waals surface area contributed by atoms with Crippen LogP contribution in [-0.2, 0) is 0 Å². The average Bonchev–Trinajstić information content (AvgIpc) is 2.63. The molecular formula is C24H42N6. The highest BCUT2D eigenvalue weighted by Crippen LogP contribution is 2.14. The lowest BCUT2D eigenvalue weighted by Crippen LogP contribution is -2.27. The van der Waals surface area contributed by atoms with Gasteiger partial charge in [-0.25, -0.2) is 0 Å². The molecule has 0 saturated heterocycles. The van der Waals surface area contributed by atoms with E-state index in [-0.39, 0.29) is 0 Å². The fourth-order valence-corrected chi connectivity index (χ4v) is 3.31. The maximum absolute atomic E-state index is 4.36. The number of rotatable bonds is 0. The molecule has 6 nitrogen and oxygen atoms in total. The molecule has 3 heterocycles. The normalized spacial score (nSPS) is 26.0. The number of nitrogens with zero attached hydrogens (tertiary/aromatic N) is 3. The molecule has 0 spiro atoms. The summed E-state index contributed by atoms with van der Waals surface area (Å²) in [6, 6.07) is 1.09. The van der Waals surface area contributed by atoms with E-state index in [9.17, 15) is 0 Å². The Hall–Kier alpha value is -2.37. The molecule has 30 heavy (non-hydrogen) atoms. The maximum Gasteiger partial charge on any atom is 0.0980 e. The second-order valence-corrected chi connectivity index (χ2v) is 8.47. The molecule has 0 amide bonds. The van der Waals surface area contributed by atoms with Gasteiger partial charge in [0.15, 0.2) is 0 Å². The first kappa shape index (κ1) is 25.7. The Morgan fingerprint density at radius 3 is 0.800 bits per heavy atom. The second-order valence-electron chi connectivity index (χ2n) is 8.47. The Balaban J connectivity index is 0.000000225. The monoisotopic (exact) mass is 414 g/mol. The van der Waals surface area contributed by atoms with Crippen LogP contribution < -0.4 is 16.0 Å². The molecule has 0 radical (unpaired) electrons. The van der Waals surface area contributed by atoms with Crippen molar-refractivity contribution in [1.82, 2.24) is 16.0 Å². The van der Waals surface area contributed by atoms with E-state index >= 15 is 0 Å². The van der Waals surface area contributed by atoms with Crippen molar-refractivity contribution in [3.8, 4) is 0 Å². The molecule has 0 fully saturated rings. The summed E-state index contributed by atoms with van der Waals surface area (Å²) in [6.07, 6.45) is 0. The zero-order valence-electron chi connectivity index (χ0n) is 21.1. The summed E-state index contributed by atoms with van der Waals surface area (Å²) in [5.74, 6) is 3.07. The van der Waals surface area contributed by atoms with Gasteiger partial charge in [-0.05, 0) is 99.8 Å². The van der Waals surface area contributed by atoms with Gasteiger partial charge in [0.25, 0.3) is 0 Å². The Kier molecular flexibility index (Phi) is 9.53. The van der Waals surface area contributed by atoms with Crippen LogP contribution in [0.15, 0.2) is 48.8 Å².